The molecule has 0 heterocycles. The molecule has 0 aromatic heterocycles. The molecular weight excluding hydrogens is 118 g/mol. The molecule has 3 radical (unpaired) electrons. The Bertz CT molecular complexity index is 65.5. The van der Waals surface area contributed by atoms with E-state index in [0.29, 0.717) is 0 Å². The number of carboxylic acids is 1. The van der Waals surface area contributed by atoms with Gasteiger partial charge < -0.3 is 15.0 Å². The van der Waals surface area contributed by atoms with Gasteiger partial charge in [-0.3, -0.25) is 0 Å². The molecule has 0 aromatic rings. The van der Waals surface area contributed by atoms with Gasteiger partial charge in [-0.05, 0) is 6.92 Å². The summed E-state index contributed by atoms with van der Waals surface area (Å²) in [4.78, 5) is 9.34. The summed E-state index contributed by atoms with van der Waals surface area (Å²) >= 11 is 0. The monoisotopic (exact) mass is 123 g/mol. The number of rotatable bonds is 1. The van der Waals surface area contributed by atoms with Crippen molar-refractivity contribution in [2.75, 3.05) is 0 Å². The third kappa shape index (κ3) is 9.71. The Morgan fingerprint density at radius 3 is 1.88 bits per heavy atom. The van der Waals surface area contributed by atoms with Crippen LogP contribution in [-0.2, 0) is 4.79 Å². The quantitative estimate of drug-likeness (QED) is 0.354. The molecule has 39 valence electrons. The molecule has 0 saturated heterocycles. The van der Waals surface area contributed by atoms with E-state index in [4.69, 9.17) is 5.11 Å². The van der Waals surface area contributed by atoms with Crippen LogP contribution in [0.25, 0.3) is 0 Å². The van der Waals surface area contributed by atoms with Crippen LogP contribution in [0.5, 0.6) is 0 Å². The average Bonchev–Trinajstić information content (AvgIpc) is 1.36. The number of carbonyl (C=O) groups excluding carboxylic acids is 1. The second kappa shape index (κ2) is 7.49. The van der Waals surface area contributed by atoms with Gasteiger partial charge in [0.05, 0.1) is 12.1 Å². The Morgan fingerprint density at radius 2 is 1.88 bits per heavy atom. The summed E-state index contributed by atoms with van der Waals surface area (Å²) < 4.78 is 0. The molecule has 0 saturated carbocycles. The Hall–Kier alpha value is 0.495. The normalized spacial score (nSPS) is 10.2. The Morgan fingerprint density at radius 1 is 1.75 bits per heavy atom. The third-order valence-corrected chi connectivity index (χ3v) is 0.341. The number of aliphatic hydroxyl groups is 1. The van der Waals surface area contributed by atoms with E-state index < -0.39 is 12.1 Å². The second-order valence-electron chi connectivity index (χ2n) is 0.995. The second-order valence-corrected chi connectivity index (χ2v) is 0.995. The van der Waals surface area contributed by atoms with Crippen LogP contribution in [0, 0.1) is 0 Å². The van der Waals surface area contributed by atoms with Gasteiger partial charge in [0.15, 0.2) is 0 Å². The van der Waals surface area contributed by atoms with Crippen LogP contribution in [0.3, 0.4) is 0 Å². The van der Waals surface area contributed by atoms with E-state index in [9.17, 15) is 9.90 Å². The largest absolute Gasteiger partial charge is 1.00 e. The van der Waals surface area contributed by atoms with Crippen LogP contribution in [0.15, 0.2) is 0 Å². The SMILES string of the molecule is CC(O)C(=O)[O-].[B].[Na+]. The summed E-state index contributed by atoms with van der Waals surface area (Å²) in [5.41, 5.74) is 0. The van der Waals surface area contributed by atoms with Crippen molar-refractivity contribution in [2.24, 2.45) is 0 Å². The summed E-state index contributed by atoms with van der Waals surface area (Å²) in [6, 6.07) is 0. The number of hydrogen-bond donors (Lipinski definition) is 1. The summed E-state index contributed by atoms with van der Waals surface area (Å²) in [7, 11) is 0. The first-order chi connectivity index (χ1) is 2.64. The molecule has 1 atom stereocenters. The zero-order chi connectivity index (χ0) is 5.15. The first-order valence-corrected chi connectivity index (χ1v) is 1.53. The maximum atomic E-state index is 9.34. The Kier molecular flexibility index (Phi) is 14.8. The maximum Gasteiger partial charge on any atom is 1.00 e. The molecule has 5 heteroatoms. The van der Waals surface area contributed by atoms with Crippen molar-refractivity contribution < 1.29 is 44.6 Å². The molecule has 0 aliphatic rings. The van der Waals surface area contributed by atoms with E-state index in [1.807, 2.05) is 0 Å². The van der Waals surface area contributed by atoms with Crippen molar-refractivity contribution in [3.05, 3.63) is 0 Å². The van der Waals surface area contributed by atoms with E-state index >= 15 is 0 Å². The Balaban J connectivity index is -0.000000125. The van der Waals surface area contributed by atoms with Crippen LogP contribution >= 0.6 is 0 Å². The Labute approximate surface area is 72.0 Å². The first kappa shape index (κ1) is 15.8. The maximum absolute atomic E-state index is 9.34. The number of carbonyl (C=O) groups is 1. The zero-order valence-corrected chi connectivity index (χ0v) is 6.92. The average molecular weight is 123 g/mol. The number of hydrogen-bond acceptors (Lipinski definition) is 3. The van der Waals surface area contributed by atoms with Gasteiger partial charge in [-0.25, -0.2) is 0 Å². The van der Waals surface area contributed by atoms with Crippen molar-refractivity contribution in [1.29, 1.82) is 0 Å². The van der Waals surface area contributed by atoms with Crippen LogP contribution in [-0.4, -0.2) is 25.6 Å². The molecule has 1 N–H and O–H groups in total. The fraction of sp³-hybridized carbons (Fsp3) is 0.667. The summed E-state index contributed by atoms with van der Waals surface area (Å²) in [6.45, 7) is 1.13. The predicted octanol–water partition coefficient (Wildman–Crippen LogP) is -5.26. The smallest absolute Gasteiger partial charge is 0.547 e. The molecule has 0 bridgehead atoms. The van der Waals surface area contributed by atoms with Crippen molar-refractivity contribution in [3.8, 4) is 0 Å². The molecule has 0 aliphatic heterocycles. The number of aliphatic carboxylic acids is 1. The summed E-state index contributed by atoms with van der Waals surface area (Å²) in [6.07, 6.45) is -1.34. The fourth-order valence-electron chi connectivity index (χ4n) is 0. The van der Waals surface area contributed by atoms with Gasteiger partial charge in [-0.1, -0.05) is 0 Å². The van der Waals surface area contributed by atoms with E-state index in [1.165, 1.54) is 0 Å². The van der Waals surface area contributed by atoms with Gasteiger partial charge in [0, 0.05) is 8.41 Å². The van der Waals surface area contributed by atoms with Gasteiger partial charge in [0.1, 0.15) is 0 Å². The minimum Gasteiger partial charge on any atom is -0.547 e. The van der Waals surface area contributed by atoms with Gasteiger partial charge in [0.25, 0.3) is 0 Å². The first-order valence-electron chi connectivity index (χ1n) is 1.53. The van der Waals surface area contributed by atoms with Gasteiger partial charge in [-0.2, -0.15) is 0 Å². The minimum atomic E-state index is -1.44. The molecule has 0 aliphatic carbocycles. The molecule has 0 rings (SSSR count). The molecule has 0 spiro atoms. The number of carboxylic acid groups (broad SMARTS) is 1. The summed E-state index contributed by atoms with van der Waals surface area (Å²) in [5.74, 6) is -1.44. The standard InChI is InChI=1S/C3H6O3.B.Na/c1-2(4)3(5)6;;/h2,4H,1H3,(H,5,6);;/q;;+1/p-1. The van der Waals surface area contributed by atoms with Crippen LogP contribution in [0.4, 0.5) is 0 Å². The minimum absolute atomic E-state index is 0. The van der Waals surface area contributed by atoms with Gasteiger partial charge in [0.2, 0.25) is 0 Å². The van der Waals surface area contributed by atoms with Crippen molar-refractivity contribution in [1.82, 2.24) is 0 Å². The zero-order valence-electron chi connectivity index (χ0n) is 4.92. The van der Waals surface area contributed by atoms with Crippen LogP contribution in [0.1, 0.15) is 6.92 Å². The van der Waals surface area contributed by atoms with Crippen molar-refractivity contribution >= 4 is 14.4 Å². The predicted molar refractivity (Wildman–Crippen MR) is 22.4 cm³/mol. The molecule has 0 fully saturated rings. The topological polar surface area (TPSA) is 60.4 Å². The summed E-state index contributed by atoms with van der Waals surface area (Å²) in [5, 5.41) is 17.3. The molecule has 1 unspecified atom stereocenters. The fourth-order valence-corrected chi connectivity index (χ4v) is 0. The van der Waals surface area contributed by atoms with E-state index in [2.05, 4.69) is 0 Å². The van der Waals surface area contributed by atoms with Crippen molar-refractivity contribution in [2.45, 2.75) is 13.0 Å². The number of aliphatic hydroxyl groups excluding tert-OH is 1. The van der Waals surface area contributed by atoms with Crippen LogP contribution < -0.4 is 34.7 Å². The third-order valence-electron chi connectivity index (χ3n) is 0.341. The molecular formula is C3H5BNaO3. The molecule has 0 aromatic carbocycles. The van der Waals surface area contributed by atoms with Gasteiger partial charge >= 0.3 is 29.6 Å². The van der Waals surface area contributed by atoms with Crippen molar-refractivity contribution in [3.63, 3.8) is 0 Å². The molecule has 0 amide bonds. The van der Waals surface area contributed by atoms with E-state index in [0.717, 1.165) is 6.92 Å². The van der Waals surface area contributed by atoms with Crippen LogP contribution in [0.2, 0.25) is 0 Å². The molecule has 8 heavy (non-hydrogen) atoms. The van der Waals surface area contributed by atoms with E-state index in [-0.39, 0.29) is 38.0 Å². The molecule has 3 nitrogen and oxygen atoms in total. The van der Waals surface area contributed by atoms with E-state index in [1.54, 1.807) is 0 Å². The van der Waals surface area contributed by atoms with Gasteiger partial charge in [-0.15, -0.1) is 0 Å².